The van der Waals surface area contributed by atoms with Gasteiger partial charge in [0, 0.05) is 20.1 Å². The molecule has 0 aromatic heterocycles. The molecule has 1 aromatic rings. The van der Waals surface area contributed by atoms with Gasteiger partial charge in [0.2, 0.25) is 5.91 Å². The smallest absolute Gasteiger partial charge is 0.326 e. The fraction of sp³-hybridized carbons (Fsp3) is 0.529. The first-order chi connectivity index (χ1) is 10.5. The fourth-order valence-corrected chi connectivity index (χ4v) is 3.41. The van der Waals surface area contributed by atoms with Gasteiger partial charge in [-0.3, -0.25) is 4.79 Å². The van der Waals surface area contributed by atoms with E-state index in [0.717, 1.165) is 30.4 Å². The lowest BCUT2D eigenvalue weighted by molar-refractivity contribution is -0.157. The molecule has 118 valence electrons. The highest BCUT2D eigenvalue weighted by Crippen LogP contribution is 2.39. The maximum atomic E-state index is 12.7. The van der Waals surface area contributed by atoms with Crippen LogP contribution in [0.15, 0.2) is 24.3 Å². The molecule has 1 saturated carbocycles. The molecular formula is C17H21NO4. The Kier molecular flexibility index (Phi) is 3.91. The molecule has 1 N–H and O–H groups in total. The van der Waals surface area contributed by atoms with Gasteiger partial charge >= 0.3 is 5.97 Å². The van der Waals surface area contributed by atoms with Crippen molar-refractivity contribution < 1.29 is 19.4 Å². The van der Waals surface area contributed by atoms with E-state index in [1.807, 2.05) is 24.3 Å². The van der Waals surface area contributed by atoms with Crippen molar-refractivity contribution in [3.8, 4) is 0 Å². The number of ether oxygens (including phenoxy) is 1. The van der Waals surface area contributed by atoms with Gasteiger partial charge in [-0.2, -0.15) is 0 Å². The van der Waals surface area contributed by atoms with Crippen molar-refractivity contribution in [3.63, 3.8) is 0 Å². The van der Waals surface area contributed by atoms with E-state index in [1.54, 1.807) is 7.11 Å². The van der Waals surface area contributed by atoms with E-state index >= 15 is 0 Å². The molecule has 1 unspecified atom stereocenters. The summed E-state index contributed by atoms with van der Waals surface area (Å²) in [6.07, 6.45) is 3.45. The number of hydrogen-bond acceptors (Lipinski definition) is 3. The van der Waals surface area contributed by atoms with Crippen LogP contribution >= 0.6 is 0 Å². The summed E-state index contributed by atoms with van der Waals surface area (Å²) in [5.41, 5.74) is 1.68. The van der Waals surface area contributed by atoms with Crippen molar-refractivity contribution in [1.29, 1.82) is 0 Å². The number of carbonyl (C=O) groups excluding carboxylic acids is 1. The Hall–Kier alpha value is -1.88. The topological polar surface area (TPSA) is 66.8 Å². The van der Waals surface area contributed by atoms with E-state index in [-0.39, 0.29) is 17.9 Å². The Morgan fingerprint density at radius 2 is 2.00 bits per heavy atom. The largest absolute Gasteiger partial charge is 0.480 e. The normalized spacial score (nSPS) is 22.6. The lowest BCUT2D eigenvalue weighted by atomic mass is 9.77. The highest BCUT2D eigenvalue weighted by Gasteiger charge is 2.42. The molecule has 1 aromatic carbocycles. The molecule has 5 nitrogen and oxygen atoms in total. The van der Waals surface area contributed by atoms with E-state index in [2.05, 4.69) is 0 Å². The third-order valence-corrected chi connectivity index (χ3v) is 5.03. The zero-order valence-electron chi connectivity index (χ0n) is 12.7. The molecule has 3 rings (SSSR count). The second-order valence-corrected chi connectivity index (χ2v) is 6.27. The van der Waals surface area contributed by atoms with Crippen LogP contribution in [0.2, 0.25) is 0 Å². The number of carboxylic acids is 1. The number of aliphatic carboxylic acids is 1. The molecule has 0 saturated heterocycles. The Bertz CT molecular complexity index is 589. The maximum absolute atomic E-state index is 12.7. The summed E-state index contributed by atoms with van der Waals surface area (Å²) < 4.78 is 5.51. The van der Waals surface area contributed by atoms with Gasteiger partial charge in [0.25, 0.3) is 0 Å². The van der Waals surface area contributed by atoms with Crippen molar-refractivity contribution in [2.24, 2.45) is 0 Å². The van der Waals surface area contributed by atoms with Crippen molar-refractivity contribution in [2.45, 2.75) is 50.3 Å². The summed E-state index contributed by atoms with van der Waals surface area (Å²) in [5.74, 6) is -1.06. The molecule has 1 atom stereocenters. The van der Waals surface area contributed by atoms with Crippen LogP contribution in [0.4, 0.5) is 0 Å². The number of fused-ring (bicyclic) bond motifs is 1. The van der Waals surface area contributed by atoms with Crippen LogP contribution in [0.3, 0.4) is 0 Å². The van der Waals surface area contributed by atoms with Crippen molar-refractivity contribution in [2.75, 3.05) is 7.11 Å². The van der Waals surface area contributed by atoms with E-state index in [1.165, 1.54) is 4.90 Å². The molecule has 0 radical (unpaired) electrons. The number of carbonyl (C=O) groups is 2. The summed E-state index contributed by atoms with van der Waals surface area (Å²) in [7, 11) is 1.63. The van der Waals surface area contributed by atoms with Crippen molar-refractivity contribution in [3.05, 3.63) is 35.4 Å². The van der Waals surface area contributed by atoms with E-state index in [9.17, 15) is 14.7 Å². The summed E-state index contributed by atoms with van der Waals surface area (Å²) in [6.45, 7) is 0.367. The van der Waals surface area contributed by atoms with Gasteiger partial charge < -0.3 is 14.7 Å². The maximum Gasteiger partial charge on any atom is 0.326 e. The number of nitrogens with zero attached hydrogens (tertiary/aromatic N) is 1. The second-order valence-electron chi connectivity index (χ2n) is 6.27. The minimum absolute atomic E-state index is 0.122. The van der Waals surface area contributed by atoms with E-state index < -0.39 is 12.0 Å². The number of hydrogen-bond donors (Lipinski definition) is 1. The van der Waals surface area contributed by atoms with Gasteiger partial charge in [0.15, 0.2) is 0 Å². The highest BCUT2D eigenvalue weighted by atomic mass is 16.5. The third-order valence-electron chi connectivity index (χ3n) is 5.03. The SMILES string of the molecule is COC1(CC(=O)N2Cc3ccccc3CC2C(=O)O)CCC1. The Balaban J connectivity index is 1.81. The number of rotatable bonds is 4. The number of methoxy groups -OCH3 is 1. The quantitative estimate of drug-likeness (QED) is 0.923. The van der Waals surface area contributed by atoms with Crippen LogP contribution in [-0.4, -0.2) is 40.6 Å². The average Bonchev–Trinajstić information content (AvgIpc) is 2.49. The molecule has 1 aliphatic heterocycles. The minimum Gasteiger partial charge on any atom is -0.480 e. The van der Waals surface area contributed by atoms with Crippen LogP contribution < -0.4 is 0 Å². The molecule has 1 amide bonds. The molecule has 5 heteroatoms. The number of amides is 1. The first-order valence-electron chi connectivity index (χ1n) is 7.69. The standard InChI is InChI=1S/C17H21NO4/c1-22-17(7-4-8-17)10-15(19)18-11-13-6-3-2-5-12(13)9-14(18)16(20)21/h2-3,5-6,14H,4,7-11H2,1H3,(H,20,21). The van der Waals surface area contributed by atoms with Crippen LogP contribution in [0.25, 0.3) is 0 Å². The first-order valence-corrected chi connectivity index (χ1v) is 7.69. The molecule has 1 heterocycles. The summed E-state index contributed by atoms with van der Waals surface area (Å²) in [5, 5.41) is 9.48. The van der Waals surface area contributed by atoms with Gasteiger partial charge in [0.05, 0.1) is 12.0 Å². The predicted molar refractivity (Wildman–Crippen MR) is 80.3 cm³/mol. The third kappa shape index (κ3) is 2.61. The zero-order valence-corrected chi connectivity index (χ0v) is 12.7. The molecule has 22 heavy (non-hydrogen) atoms. The van der Waals surface area contributed by atoms with Gasteiger partial charge in [-0.15, -0.1) is 0 Å². The fourth-order valence-electron chi connectivity index (χ4n) is 3.41. The summed E-state index contributed by atoms with van der Waals surface area (Å²) >= 11 is 0. The molecule has 0 bridgehead atoms. The van der Waals surface area contributed by atoms with Crippen LogP contribution in [0.5, 0.6) is 0 Å². The van der Waals surface area contributed by atoms with Crippen molar-refractivity contribution in [1.82, 2.24) is 4.90 Å². The van der Waals surface area contributed by atoms with E-state index in [4.69, 9.17) is 4.74 Å². The molecular weight excluding hydrogens is 282 g/mol. The molecule has 1 fully saturated rings. The highest BCUT2D eigenvalue weighted by molar-refractivity contribution is 5.85. The lowest BCUT2D eigenvalue weighted by Gasteiger charge is -2.42. The Morgan fingerprint density at radius 1 is 1.32 bits per heavy atom. The lowest BCUT2D eigenvalue weighted by Crippen LogP contribution is -2.52. The predicted octanol–water partition coefficient (Wildman–Crippen LogP) is 1.98. The van der Waals surface area contributed by atoms with Gasteiger partial charge in [-0.1, -0.05) is 24.3 Å². The Labute approximate surface area is 129 Å². The zero-order chi connectivity index (χ0) is 15.7. The molecule has 0 spiro atoms. The monoisotopic (exact) mass is 303 g/mol. The van der Waals surface area contributed by atoms with Crippen LogP contribution in [0, 0.1) is 0 Å². The number of carboxylic acid groups (broad SMARTS) is 1. The van der Waals surface area contributed by atoms with Gasteiger partial charge in [0.1, 0.15) is 6.04 Å². The van der Waals surface area contributed by atoms with Crippen molar-refractivity contribution >= 4 is 11.9 Å². The minimum atomic E-state index is -0.942. The summed E-state index contributed by atoms with van der Waals surface area (Å²) in [4.78, 5) is 25.7. The summed E-state index contributed by atoms with van der Waals surface area (Å²) in [6, 6.07) is 6.95. The molecule has 2 aliphatic rings. The van der Waals surface area contributed by atoms with Crippen LogP contribution in [0.1, 0.15) is 36.8 Å². The molecule has 1 aliphatic carbocycles. The number of benzene rings is 1. The Morgan fingerprint density at radius 3 is 2.55 bits per heavy atom. The first kappa shape index (κ1) is 15.0. The van der Waals surface area contributed by atoms with E-state index in [0.29, 0.717) is 13.0 Å². The van der Waals surface area contributed by atoms with Crippen LogP contribution in [-0.2, 0) is 27.3 Å². The van der Waals surface area contributed by atoms with Gasteiger partial charge in [-0.05, 0) is 30.4 Å². The second kappa shape index (κ2) is 5.72. The van der Waals surface area contributed by atoms with Gasteiger partial charge in [-0.25, -0.2) is 4.79 Å². The average molecular weight is 303 g/mol.